The fourth-order valence-electron chi connectivity index (χ4n) is 2.10. The molecule has 1 aromatic rings. The number of unbranched alkanes of at least 4 members (excludes halogenated alkanes) is 3. The molecule has 128 valence electrons. The molecule has 0 saturated heterocycles. The van der Waals surface area contributed by atoms with Gasteiger partial charge in [-0.05, 0) is 18.6 Å². The fraction of sp³-hybridized carbons (Fsp3) is 0.556. The summed E-state index contributed by atoms with van der Waals surface area (Å²) in [7, 11) is 0. The molecule has 0 aliphatic heterocycles. The molecule has 1 unspecified atom stereocenters. The highest BCUT2D eigenvalue weighted by atomic mass is 16.6. The van der Waals surface area contributed by atoms with Crippen molar-refractivity contribution in [2.24, 2.45) is 0 Å². The predicted molar refractivity (Wildman–Crippen MR) is 87.1 cm³/mol. The van der Waals surface area contributed by atoms with Gasteiger partial charge in [-0.25, -0.2) is 4.79 Å². The Hall–Kier alpha value is -1.88. The van der Waals surface area contributed by atoms with Gasteiger partial charge in [-0.1, -0.05) is 44.4 Å². The van der Waals surface area contributed by atoms with E-state index < -0.39 is 18.0 Å². The van der Waals surface area contributed by atoms with E-state index in [1.165, 1.54) is 0 Å². The third-order valence-electron chi connectivity index (χ3n) is 3.39. The van der Waals surface area contributed by atoms with Crippen LogP contribution in [0.15, 0.2) is 30.3 Å². The van der Waals surface area contributed by atoms with Crippen molar-refractivity contribution in [3.8, 4) is 0 Å². The first kappa shape index (κ1) is 19.2. The molecule has 1 atom stereocenters. The van der Waals surface area contributed by atoms with E-state index in [0.717, 1.165) is 25.7 Å². The maximum absolute atomic E-state index is 12.0. The maximum atomic E-state index is 12.0. The van der Waals surface area contributed by atoms with Gasteiger partial charge in [0.15, 0.2) is 0 Å². The molecule has 0 spiro atoms. The highest BCUT2D eigenvalue weighted by Gasteiger charge is 2.19. The second kappa shape index (κ2) is 11.7. The zero-order chi connectivity index (χ0) is 16.9. The molecule has 0 aromatic heterocycles. The average Bonchev–Trinajstić information content (AvgIpc) is 2.55. The van der Waals surface area contributed by atoms with Gasteiger partial charge in [0.25, 0.3) is 0 Å². The first-order valence-electron chi connectivity index (χ1n) is 8.19. The zero-order valence-corrected chi connectivity index (χ0v) is 13.7. The molecule has 0 aliphatic carbocycles. The Kier molecular flexibility index (Phi) is 9.71. The van der Waals surface area contributed by atoms with Crippen LogP contribution in [0.25, 0.3) is 0 Å². The van der Waals surface area contributed by atoms with Gasteiger partial charge in [0.2, 0.25) is 0 Å². The molecule has 0 saturated carbocycles. The van der Waals surface area contributed by atoms with Gasteiger partial charge < -0.3 is 14.6 Å². The number of carbonyl (C=O) groups is 2. The summed E-state index contributed by atoms with van der Waals surface area (Å²) in [5, 5.41) is 9.06. The Balaban J connectivity index is 2.39. The van der Waals surface area contributed by atoms with E-state index in [1.54, 1.807) is 30.3 Å². The molecule has 0 amide bonds. The van der Waals surface area contributed by atoms with Crippen LogP contribution in [-0.2, 0) is 14.3 Å². The standard InChI is InChI=1S/C18H26O5/c1-2-3-4-8-13-22-17(20)14-16(11-12-19)23-18(21)15-9-6-5-7-10-15/h5-7,9-10,16,19H,2-4,8,11-14H2,1H3. The first-order chi connectivity index (χ1) is 11.2. The quantitative estimate of drug-likeness (QED) is 0.500. The van der Waals surface area contributed by atoms with Crippen molar-refractivity contribution in [1.29, 1.82) is 0 Å². The summed E-state index contributed by atoms with van der Waals surface area (Å²) in [5.41, 5.74) is 0.420. The SMILES string of the molecule is CCCCCCOC(=O)CC(CCO)OC(=O)c1ccccc1. The van der Waals surface area contributed by atoms with E-state index in [0.29, 0.717) is 12.2 Å². The summed E-state index contributed by atoms with van der Waals surface area (Å²) in [6.45, 7) is 2.35. The van der Waals surface area contributed by atoms with Gasteiger partial charge in [-0.3, -0.25) is 4.79 Å². The Morgan fingerprint density at radius 1 is 1.13 bits per heavy atom. The molecule has 5 heteroatoms. The molecule has 1 N–H and O–H groups in total. The van der Waals surface area contributed by atoms with E-state index in [-0.39, 0.29) is 19.4 Å². The number of aliphatic hydroxyl groups excluding tert-OH is 1. The molecule has 0 aliphatic rings. The van der Waals surface area contributed by atoms with Crippen LogP contribution in [0.1, 0.15) is 55.8 Å². The van der Waals surface area contributed by atoms with Gasteiger partial charge >= 0.3 is 11.9 Å². The number of rotatable bonds is 11. The van der Waals surface area contributed by atoms with E-state index >= 15 is 0 Å². The van der Waals surface area contributed by atoms with Gasteiger partial charge in [0, 0.05) is 13.0 Å². The molecule has 1 rings (SSSR count). The summed E-state index contributed by atoms with van der Waals surface area (Å²) in [6.07, 6.45) is 3.63. The lowest BCUT2D eigenvalue weighted by atomic mass is 10.2. The number of hydrogen-bond acceptors (Lipinski definition) is 5. The molecule has 0 radical (unpaired) electrons. The van der Waals surface area contributed by atoms with Gasteiger partial charge in [0.05, 0.1) is 18.6 Å². The highest BCUT2D eigenvalue weighted by molar-refractivity contribution is 5.89. The number of aliphatic hydroxyl groups is 1. The third kappa shape index (κ3) is 8.35. The Morgan fingerprint density at radius 3 is 2.52 bits per heavy atom. The minimum Gasteiger partial charge on any atom is -0.466 e. The largest absolute Gasteiger partial charge is 0.466 e. The normalized spacial score (nSPS) is 11.7. The second-order valence-corrected chi connectivity index (χ2v) is 5.39. The topological polar surface area (TPSA) is 72.8 Å². The monoisotopic (exact) mass is 322 g/mol. The summed E-state index contributed by atoms with van der Waals surface area (Å²) in [5.74, 6) is -0.902. The minimum absolute atomic E-state index is 0.0348. The lowest BCUT2D eigenvalue weighted by Gasteiger charge is -2.16. The van der Waals surface area contributed by atoms with Crippen molar-refractivity contribution in [2.45, 2.75) is 51.6 Å². The van der Waals surface area contributed by atoms with Crippen LogP contribution in [0.4, 0.5) is 0 Å². The van der Waals surface area contributed by atoms with E-state index in [4.69, 9.17) is 14.6 Å². The lowest BCUT2D eigenvalue weighted by molar-refractivity contribution is -0.146. The third-order valence-corrected chi connectivity index (χ3v) is 3.39. The Morgan fingerprint density at radius 2 is 1.87 bits per heavy atom. The maximum Gasteiger partial charge on any atom is 0.338 e. The van der Waals surface area contributed by atoms with Crippen LogP contribution in [0.3, 0.4) is 0 Å². The van der Waals surface area contributed by atoms with Crippen LogP contribution < -0.4 is 0 Å². The van der Waals surface area contributed by atoms with Crippen molar-refractivity contribution in [3.63, 3.8) is 0 Å². The molecule has 23 heavy (non-hydrogen) atoms. The van der Waals surface area contributed by atoms with Crippen LogP contribution in [-0.4, -0.2) is 36.4 Å². The van der Waals surface area contributed by atoms with Crippen LogP contribution in [0.2, 0.25) is 0 Å². The van der Waals surface area contributed by atoms with Gasteiger partial charge in [-0.2, -0.15) is 0 Å². The molecule has 0 fully saturated rings. The van der Waals surface area contributed by atoms with E-state index in [9.17, 15) is 9.59 Å². The first-order valence-corrected chi connectivity index (χ1v) is 8.19. The number of benzene rings is 1. The Bertz CT molecular complexity index is 458. The Labute approximate surface area is 137 Å². The molecule has 1 aromatic carbocycles. The van der Waals surface area contributed by atoms with Crippen molar-refractivity contribution in [2.75, 3.05) is 13.2 Å². The smallest absolute Gasteiger partial charge is 0.338 e. The molecule has 5 nitrogen and oxygen atoms in total. The number of esters is 2. The predicted octanol–water partition coefficient (Wildman–Crippen LogP) is 3.11. The van der Waals surface area contributed by atoms with Crippen molar-refractivity contribution >= 4 is 11.9 Å². The van der Waals surface area contributed by atoms with Gasteiger partial charge in [-0.15, -0.1) is 0 Å². The van der Waals surface area contributed by atoms with Crippen molar-refractivity contribution in [3.05, 3.63) is 35.9 Å². The van der Waals surface area contributed by atoms with Crippen LogP contribution in [0, 0.1) is 0 Å². The van der Waals surface area contributed by atoms with E-state index in [1.807, 2.05) is 0 Å². The molecule has 0 heterocycles. The number of ether oxygens (including phenoxy) is 2. The average molecular weight is 322 g/mol. The fourth-order valence-corrected chi connectivity index (χ4v) is 2.10. The number of hydrogen-bond donors (Lipinski definition) is 1. The molecule has 0 bridgehead atoms. The highest BCUT2D eigenvalue weighted by Crippen LogP contribution is 2.10. The van der Waals surface area contributed by atoms with Crippen molar-refractivity contribution in [1.82, 2.24) is 0 Å². The summed E-state index contributed by atoms with van der Waals surface area (Å²) in [4.78, 5) is 23.8. The summed E-state index contributed by atoms with van der Waals surface area (Å²) < 4.78 is 10.4. The van der Waals surface area contributed by atoms with Crippen molar-refractivity contribution < 1.29 is 24.2 Å². The summed E-state index contributed by atoms with van der Waals surface area (Å²) >= 11 is 0. The van der Waals surface area contributed by atoms with Crippen LogP contribution in [0.5, 0.6) is 0 Å². The molecular formula is C18H26O5. The summed E-state index contributed by atoms with van der Waals surface area (Å²) in [6, 6.07) is 8.57. The second-order valence-electron chi connectivity index (χ2n) is 5.39. The van der Waals surface area contributed by atoms with Gasteiger partial charge in [0.1, 0.15) is 6.10 Å². The number of carbonyl (C=O) groups excluding carboxylic acids is 2. The zero-order valence-electron chi connectivity index (χ0n) is 13.7. The minimum atomic E-state index is -0.671. The molecular weight excluding hydrogens is 296 g/mol. The lowest BCUT2D eigenvalue weighted by Crippen LogP contribution is -2.24. The van der Waals surface area contributed by atoms with E-state index in [2.05, 4.69) is 6.92 Å². The van der Waals surface area contributed by atoms with Crippen LogP contribution >= 0.6 is 0 Å².